The van der Waals surface area contributed by atoms with Gasteiger partial charge in [0.25, 0.3) is 0 Å². The average molecular weight is 393 g/mol. The second-order valence-corrected chi connectivity index (χ2v) is 6.91. The van der Waals surface area contributed by atoms with Crippen LogP contribution in [-0.2, 0) is 22.7 Å². The molecule has 0 aliphatic carbocycles. The molecule has 0 spiro atoms. The van der Waals surface area contributed by atoms with E-state index >= 15 is 0 Å². The molecule has 0 radical (unpaired) electrons. The zero-order chi connectivity index (χ0) is 20.4. The van der Waals surface area contributed by atoms with Gasteiger partial charge >= 0.3 is 11.8 Å². The number of fused-ring (bicyclic) bond motifs is 1. The van der Waals surface area contributed by atoms with Gasteiger partial charge in [0.05, 0.1) is 12.7 Å². The molecular formula is C21H20FN5O2. The van der Waals surface area contributed by atoms with Crippen LogP contribution in [0.1, 0.15) is 22.7 Å². The highest BCUT2D eigenvalue weighted by Gasteiger charge is 2.29. The van der Waals surface area contributed by atoms with Crippen molar-refractivity contribution in [2.45, 2.75) is 19.1 Å². The Labute approximate surface area is 166 Å². The van der Waals surface area contributed by atoms with Crippen LogP contribution in [0.5, 0.6) is 0 Å². The Kier molecular flexibility index (Phi) is 5.09. The third-order valence-electron chi connectivity index (χ3n) is 4.95. The lowest BCUT2D eigenvalue weighted by Crippen LogP contribution is -2.45. The molecule has 2 aromatic carbocycles. The van der Waals surface area contributed by atoms with Gasteiger partial charge in [0.1, 0.15) is 11.6 Å². The fourth-order valence-electron chi connectivity index (χ4n) is 3.47. The Balaban J connectivity index is 1.46. The molecular weight excluding hydrogens is 373 g/mol. The van der Waals surface area contributed by atoms with E-state index < -0.39 is 11.8 Å². The Morgan fingerprint density at radius 2 is 1.90 bits per heavy atom. The number of rotatable bonds is 3. The number of nitrogens with one attached hydrogen (secondary N) is 1. The predicted molar refractivity (Wildman–Crippen MR) is 105 cm³/mol. The molecule has 0 saturated heterocycles. The van der Waals surface area contributed by atoms with Crippen LogP contribution in [0.4, 0.5) is 10.2 Å². The Bertz CT molecular complexity index is 1060. The van der Waals surface area contributed by atoms with Gasteiger partial charge < -0.3 is 16.0 Å². The van der Waals surface area contributed by atoms with Gasteiger partial charge in [-0.05, 0) is 17.2 Å². The van der Waals surface area contributed by atoms with Gasteiger partial charge in [0.2, 0.25) is 0 Å². The molecule has 1 atom stereocenters. The first-order valence-electron chi connectivity index (χ1n) is 9.22. The summed E-state index contributed by atoms with van der Waals surface area (Å²) in [5.41, 5.74) is 8.50. The molecule has 0 bridgehead atoms. The number of anilines is 1. The summed E-state index contributed by atoms with van der Waals surface area (Å²) in [6.07, 6.45) is 1.48. The van der Waals surface area contributed by atoms with Crippen molar-refractivity contribution in [1.82, 2.24) is 14.7 Å². The predicted octanol–water partition coefficient (Wildman–Crippen LogP) is 2.05. The molecule has 1 aromatic heterocycles. The summed E-state index contributed by atoms with van der Waals surface area (Å²) in [6, 6.07) is 15.1. The molecule has 0 fully saturated rings. The van der Waals surface area contributed by atoms with Crippen molar-refractivity contribution in [1.29, 1.82) is 0 Å². The standard InChI is InChI=1S/C21H20FN5O2/c22-17-8-4-2-6-15(17)12-27-19(9-10-24-27)25-20(28)21(29)26-11-14-5-1-3-7-16(14)18(23)13-26/h1-10,18H,11-13,23H2,(H,25,28). The fourth-order valence-corrected chi connectivity index (χ4v) is 3.47. The second kappa shape index (κ2) is 7.84. The zero-order valence-electron chi connectivity index (χ0n) is 15.6. The van der Waals surface area contributed by atoms with E-state index in [9.17, 15) is 14.0 Å². The summed E-state index contributed by atoms with van der Waals surface area (Å²) >= 11 is 0. The molecule has 1 aliphatic rings. The summed E-state index contributed by atoms with van der Waals surface area (Å²) in [7, 11) is 0. The van der Waals surface area contributed by atoms with E-state index in [1.807, 2.05) is 24.3 Å². The van der Waals surface area contributed by atoms with Gasteiger partial charge in [0.15, 0.2) is 0 Å². The maximum Gasteiger partial charge on any atom is 0.315 e. The lowest BCUT2D eigenvalue weighted by Gasteiger charge is -2.32. The molecule has 1 aliphatic heterocycles. The van der Waals surface area contributed by atoms with Crippen LogP contribution < -0.4 is 11.1 Å². The van der Waals surface area contributed by atoms with Crippen molar-refractivity contribution in [3.63, 3.8) is 0 Å². The van der Waals surface area contributed by atoms with Crippen molar-refractivity contribution in [2.75, 3.05) is 11.9 Å². The first kappa shape index (κ1) is 18.8. The number of carbonyl (C=O) groups is 2. The van der Waals surface area contributed by atoms with Crippen LogP contribution >= 0.6 is 0 Å². The van der Waals surface area contributed by atoms with Crippen LogP contribution in [-0.4, -0.2) is 33.0 Å². The van der Waals surface area contributed by atoms with Crippen molar-refractivity contribution in [2.24, 2.45) is 5.73 Å². The molecule has 29 heavy (non-hydrogen) atoms. The number of nitrogens with zero attached hydrogens (tertiary/aromatic N) is 3. The maximum absolute atomic E-state index is 13.9. The molecule has 0 saturated carbocycles. The van der Waals surface area contributed by atoms with E-state index in [-0.39, 0.29) is 24.9 Å². The SMILES string of the molecule is NC1CN(C(=O)C(=O)Nc2ccnn2Cc2ccccc2F)Cc2ccccc21. The van der Waals surface area contributed by atoms with Crippen molar-refractivity contribution >= 4 is 17.6 Å². The lowest BCUT2D eigenvalue weighted by molar-refractivity contribution is -0.144. The quantitative estimate of drug-likeness (QED) is 0.666. The average Bonchev–Trinajstić information content (AvgIpc) is 3.15. The van der Waals surface area contributed by atoms with Gasteiger partial charge in [0, 0.05) is 30.8 Å². The van der Waals surface area contributed by atoms with Gasteiger partial charge in [-0.25, -0.2) is 9.07 Å². The number of benzene rings is 2. The first-order valence-corrected chi connectivity index (χ1v) is 9.22. The van der Waals surface area contributed by atoms with Gasteiger partial charge in [-0.3, -0.25) is 9.59 Å². The monoisotopic (exact) mass is 393 g/mol. The molecule has 2 heterocycles. The molecule has 2 amide bonds. The van der Waals surface area contributed by atoms with Crippen LogP contribution in [0, 0.1) is 5.82 Å². The van der Waals surface area contributed by atoms with E-state index in [0.29, 0.717) is 17.9 Å². The Hall–Kier alpha value is -3.52. The number of nitrogens with two attached hydrogens (primary N) is 1. The Morgan fingerprint density at radius 3 is 2.72 bits per heavy atom. The number of aromatic nitrogens is 2. The summed E-state index contributed by atoms with van der Waals surface area (Å²) in [6.45, 7) is 0.716. The van der Waals surface area contributed by atoms with Gasteiger partial charge in [-0.1, -0.05) is 42.5 Å². The number of carbonyl (C=O) groups excluding carboxylic acids is 2. The van der Waals surface area contributed by atoms with Crippen LogP contribution in [0.15, 0.2) is 60.8 Å². The highest BCUT2D eigenvalue weighted by atomic mass is 19.1. The van der Waals surface area contributed by atoms with Crippen LogP contribution in [0.2, 0.25) is 0 Å². The molecule has 8 heteroatoms. The summed E-state index contributed by atoms with van der Waals surface area (Å²) in [5.74, 6) is -1.51. The minimum atomic E-state index is -0.785. The van der Waals surface area contributed by atoms with E-state index in [2.05, 4.69) is 10.4 Å². The van der Waals surface area contributed by atoms with Gasteiger partial charge in [-0.15, -0.1) is 0 Å². The van der Waals surface area contributed by atoms with E-state index in [1.165, 1.54) is 21.8 Å². The highest BCUT2D eigenvalue weighted by molar-refractivity contribution is 6.39. The minimum absolute atomic E-state index is 0.130. The van der Waals surface area contributed by atoms with Crippen molar-refractivity contribution < 1.29 is 14.0 Å². The largest absolute Gasteiger partial charge is 0.328 e. The molecule has 1 unspecified atom stereocenters. The third kappa shape index (κ3) is 3.88. The topological polar surface area (TPSA) is 93.2 Å². The normalized spacial score (nSPS) is 15.7. The zero-order valence-corrected chi connectivity index (χ0v) is 15.6. The molecule has 3 N–H and O–H groups in total. The van der Waals surface area contributed by atoms with E-state index in [0.717, 1.165) is 11.1 Å². The number of amides is 2. The molecule has 7 nitrogen and oxygen atoms in total. The third-order valence-corrected chi connectivity index (χ3v) is 4.95. The molecule has 148 valence electrons. The number of hydrogen-bond donors (Lipinski definition) is 2. The highest BCUT2D eigenvalue weighted by Crippen LogP contribution is 2.24. The van der Waals surface area contributed by atoms with Crippen LogP contribution in [0.25, 0.3) is 0 Å². The number of hydrogen-bond acceptors (Lipinski definition) is 4. The van der Waals surface area contributed by atoms with Crippen LogP contribution in [0.3, 0.4) is 0 Å². The fraction of sp³-hybridized carbons (Fsp3) is 0.190. The first-order chi connectivity index (χ1) is 14.0. The smallest absolute Gasteiger partial charge is 0.315 e. The van der Waals surface area contributed by atoms with E-state index in [4.69, 9.17) is 5.73 Å². The summed E-state index contributed by atoms with van der Waals surface area (Å²) < 4.78 is 15.3. The minimum Gasteiger partial charge on any atom is -0.328 e. The molecule has 4 rings (SSSR count). The Morgan fingerprint density at radius 1 is 1.14 bits per heavy atom. The summed E-state index contributed by atoms with van der Waals surface area (Å²) in [4.78, 5) is 26.6. The number of halogens is 1. The second-order valence-electron chi connectivity index (χ2n) is 6.91. The maximum atomic E-state index is 13.9. The van der Waals surface area contributed by atoms with Crippen molar-refractivity contribution in [3.05, 3.63) is 83.3 Å². The van der Waals surface area contributed by atoms with Gasteiger partial charge in [-0.2, -0.15) is 5.10 Å². The van der Waals surface area contributed by atoms with Crippen molar-refractivity contribution in [3.8, 4) is 0 Å². The summed E-state index contributed by atoms with van der Waals surface area (Å²) in [5, 5.41) is 6.68. The van der Waals surface area contributed by atoms with E-state index in [1.54, 1.807) is 24.3 Å². The lowest BCUT2D eigenvalue weighted by atomic mass is 9.96. The molecule has 3 aromatic rings.